The molecule has 19 heavy (non-hydrogen) atoms. The van der Waals surface area contributed by atoms with Crippen LogP contribution in [0.3, 0.4) is 0 Å². The fraction of sp³-hybridized carbons (Fsp3) is 0.588. The van der Waals surface area contributed by atoms with Crippen molar-refractivity contribution in [3.8, 4) is 0 Å². The summed E-state index contributed by atoms with van der Waals surface area (Å²) < 4.78 is 0. The first-order valence-electron chi connectivity index (χ1n) is 7.38. The van der Waals surface area contributed by atoms with E-state index in [9.17, 15) is 4.79 Å². The number of rotatable bonds is 4. The summed E-state index contributed by atoms with van der Waals surface area (Å²) in [6.07, 6.45) is 3.85. The van der Waals surface area contributed by atoms with E-state index >= 15 is 0 Å². The third-order valence-corrected chi connectivity index (χ3v) is 4.25. The molecule has 0 saturated carbocycles. The quantitative estimate of drug-likeness (QED) is 0.897. The molecule has 1 aliphatic heterocycles. The lowest BCUT2D eigenvalue weighted by atomic mass is 9.84. The number of hydrogen-bond acceptors (Lipinski definition) is 2. The van der Waals surface area contributed by atoms with Crippen molar-refractivity contribution in [2.24, 2.45) is 0 Å². The van der Waals surface area contributed by atoms with Crippen LogP contribution in [0.2, 0.25) is 0 Å². The highest BCUT2D eigenvalue weighted by Gasteiger charge is 2.33. The average molecular weight is 259 g/mol. The lowest BCUT2D eigenvalue weighted by Gasteiger charge is -2.33. The molecule has 1 fully saturated rings. The largest absolute Gasteiger partial charge is 0.305 e. The van der Waals surface area contributed by atoms with Gasteiger partial charge in [-0.05, 0) is 49.8 Å². The lowest BCUT2D eigenvalue weighted by molar-refractivity contribution is -0.125. The predicted molar refractivity (Wildman–Crippen MR) is 79.5 cm³/mol. The van der Waals surface area contributed by atoms with Gasteiger partial charge in [-0.1, -0.05) is 38.1 Å². The van der Waals surface area contributed by atoms with Crippen molar-refractivity contribution >= 4 is 5.78 Å². The van der Waals surface area contributed by atoms with Crippen LogP contribution in [0.25, 0.3) is 0 Å². The van der Waals surface area contributed by atoms with Crippen molar-refractivity contribution < 1.29 is 4.79 Å². The molecule has 2 nitrogen and oxygen atoms in total. The summed E-state index contributed by atoms with van der Waals surface area (Å²) in [5.41, 5.74) is 2.15. The fourth-order valence-electron chi connectivity index (χ4n) is 2.70. The molecule has 1 saturated heterocycles. The minimum atomic E-state index is -0.311. The van der Waals surface area contributed by atoms with Crippen molar-refractivity contribution in [2.75, 3.05) is 6.54 Å². The molecule has 0 radical (unpaired) electrons. The Morgan fingerprint density at radius 1 is 1.26 bits per heavy atom. The van der Waals surface area contributed by atoms with Gasteiger partial charge in [0.2, 0.25) is 0 Å². The number of Topliss-reactive ketones (excluding diaryl/α,β-unsaturated/α-hetero) is 1. The maximum absolute atomic E-state index is 12.4. The van der Waals surface area contributed by atoms with Crippen LogP contribution in [-0.4, -0.2) is 17.9 Å². The molecule has 1 heterocycles. The molecule has 1 aromatic rings. The zero-order valence-corrected chi connectivity index (χ0v) is 12.3. The third-order valence-electron chi connectivity index (χ3n) is 4.25. The van der Waals surface area contributed by atoms with Gasteiger partial charge in [0.15, 0.2) is 5.78 Å². The van der Waals surface area contributed by atoms with E-state index in [-0.39, 0.29) is 5.54 Å². The van der Waals surface area contributed by atoms with Gasteiger partial charge in [-0.25, -0.2) is 0 Å². The summed E-state index contributed by atoms with van der Waals surface area (Å²) in [7, 11) is 0. The Kier molecular flexibility index (Phi) is 4.41. The molecule has 1 aliphatic rings. The van der Waals surface area contributed by atoms with Crippen molar-refractivity contribution in [1.29, 1.82) is 0 Å². The fourth-order valence-corrected chi connectivity index (χ4v) is 2.70. The molecule has 0 aromatic heterocycles. The molecule has 2 rings (SSSR count). The summed E-state index contributed by atoms with van der Waals surface area (Å²) in [5, 5.41) is 3.40. The number of carbonyl (C=O) groups is 1. The standard InChI is InChI=1S/C17H25NO/c1-13(2)15-8-6-14(7-9-15)12-16(19)17(3)10-4-5-11-18-17/h6-9,13,18H,4-5,10-12H2,1-3H3. The molecule has 0 amide bonds. The SMILES string of the molecule is CC(C)c1ccc(CC(=O)C2(C)CCCCN2)cc1. The minimum absolute atomic E-state index is 0.311. The Labute approximate surface area is 116 Å². The van der Waals surface area contributed by atoms with E-state index in [1.807, 2.05) is 0 Å². The summed E-state index contributed by atoms with van der Waals surface area (Å²) in [6, 6.07) is 8.48. The molecular formula is C17H25NO. The first-order chi connectivity index (χ1) is 9.01. The molecule has 1 unspecified atom stereocenters. The molecule has 104 valence electrons. The van der Waals surface area contributed by atoms with Crippen LogP contribution in [0.1, 0.15) is 57.1 Å². The predicted octanol–water partition coefficient (Wildman–Crippen LogP) is 3.45. The third kappa shape index (κ3) is 3.44. The number of nitrogens with one attached hydrogen (secondary N) is 1. The van der Waals surface area contributed by atoms with Crippen molar-refractivity contribution in [1.82, 2.24) is 5.32 Å². The molecule has 0 aliphatic carbocycles. The van der Waals surface area contributed by atoms with Gasteiger partial charge in [0.1, 0.15) is 0 Å². The van der Waals surface area contributed by atoms with Crippen LogP contribution in [0, 0.1) is 0 Å². The van der Waals surface area contributed by atoms with Crippen LogP contribution >= 0.6 is 0 Å². The van der Waals surface area contributed by atoms with Gasteiger partial charge in [-0.3, -0.25) is 4.79 Å². The van der Waals surface area contributed by atoms with E-state index in [2.05, 4.69) is 50.4 Å². The zero-order chi connectivity index (χ0) is 13.9. The molecule has 0 spiro atoms. The smallest absolute Gasteiger partial charge is 0.156 e. The summed E-state index contributed by atoms with van der Waals surface area (Å²) in [4.78, 5) is 12.4. The molecular weight excluding hydrogens is 234 g/mol. The molecule has 2 heteroatoms. The number of ketones is 1. The van der Waals surface area contributed by atoms with E-state index in [0.717, 1.165) is 24.9 Å². The normalized spacial score (nSPS) is 23.6. The Hall–Kier alpha value is -1.15. The maximum Gasteiger partial charge on any atom is 0.156 e. The van der Waals surface area contributed by atoms with Crippen LogP contribution in [0.15, 0.2) is 24.3 Å². The van der Waals surface area contributed by atoms with Gasteiger partial charge in [0.05, 0.1) is 5.54 Å². The second-order valence-electron chi connectivity index (χ2n) is 6.21. The highest BCUT2D eigenvalue weighted by atomic mass is 16.1. The molecule has 1 atom stereocenters. The van der Waals surface area contributed by atoms with E-state index in [1.165, 1.54) is 12.0 Å². The summed E-state index contributed by atoms with van der Waals surface area (Å²) in [6.45, 7) is 7.39. The Balaban J connectivity index is 2.02. The highest BCUT2D eigenvalue weighted by Crippen LogP contribution is 2.22. The second kappa shape index (κ2) is 5.87. The van der Waals surface area contributed by atoms with Crippen LogP contribution in [-0.2, 0) is 11.2 Å². The van der Waals surface area contributed by atoms with Gasteiger partial charge in [-0.2, -0.15) is 0 Å². The van der Waals surface area contributed by atoms with E-state index in [0.29, 0.717) is 18.1 Å². The molecule has 1 aromatic carbocycles. The van der Waals surface area contributed by atoms with Gasteiger partial charge in [-0.15, -0.1) is 0 Å². The Morgan fingerprint density at radius 2 is 1.95 bits per heavy atom. The summed E-state index contributed by atoms with van der Waals surface area (Å²) in [5.74, 6) is 0.867. The number of carbonyl (C=O) groups excluding carboxylic acids is 1. The topological polar surface area (TPSA) is 29.1 Å². The number of piperidine rings is 1. The van der Waals surface area contributed by atoms with Crippen molar-refractivity contribution in [3.63, 3.8) is 0 Å². The van der Waals surface area contributed by atoms with E-state index < -0.39 is 0 Å². The highest BCUT2D eigenvalue weighted by molar-refractivity contribution is 5.89. The first-order valence-corrected chi connectivity index (χ1v) is 7.38. The Bertz CT molecular complexity index is 427. The number of hydrogen-bond donors (Lipinski definition) is 1. The lowest BCUT2D eigenvalue weighted by Crippen LogP contribution is -2.52. The van der Waals surface area contributed by atoms with Crippen LogP contribution < -0.4 is 5.32 Å². The van der Waals surface area contributed by atoms with Crippen LogP contribution in [0.5, 0.6) is 0 Å². The van der Waals surface area contributed by atoms with Gasteiger partial charge < -0.3 is 5.32 Å². The second-order valence-corrected chi connectivity index (χ2v) is 6.21. The monoisotopic (exact) mass is 259 g/mol. The van der Waals surface area contributed by atoms with E-state index in [1.54, 1.807) is 0 Å². The van der Waals surface area contributed by atoms with E-state index in [4.69, 9.17) is 0 Å². The average Bonchev–Trinajstić information content (AvgIpc) is 2.40. The zero-order valence-electron chi connectivity index (χ0n) is 12.3. The molecule has 1 N–H and O–H groups in total. The summed E-state index contributed by atoms with van der Waals surface area (Å²) >= 11 is 0. The van der Waals surface area contributed by atoms with Crippen LogP contribution in [0.4, 0.5) is 0 Å². The van der Waals surface area contributed by atoms with Crippen molar-refractivity contribution in [3.05, 3.63) is 35.4 Å². The maximum atomic E-state index is 12.4. The first kappa shape index (κ1) is 14.3. The van der Waals surface area contributed by atoms with Gasteiger partial charge in [0, 0.05) is 6.42 Å². The van der Waals surface area contributed by atoms with Crippen molar-refractivity contribution in [2.45, 2.75) is 57.9 Å². The Morgan fingerprint density at radius 3 is 2.47 bits per heavy atom. The molecule has 0 bridgehead atoms. The number of benzene rings is 1. The minimum Gasteiger partial charge on any atom is -0.305 e. The van der Waals surface area contributed by atoms with Gasteiger partial charge >= 0.3 is 0 Å². The van der Waals surface area contributed by atoms with Gasteiger partial charge in [0.25, 0.3) is 0 Å².